The van der Waals surface area contributed by atoms with Crippen molar-refractivity contribution in [2.24, 2.45) is 0 Å². The molecular formula is C22H22BrN3O3S. The highest BCUT2D eigenvalue weighted by Crippen LogP contribution is 2.33. The van der Waals surface area contributed by atoms with Crippen LogP contribution in [0.1, 0.15) is 11.1 Å². The maximum absolute atomic E-state index is 12.9. The van der Waals surface area contributed by atoms with Gasteiger partial charge in [0.05, 0.1) is 20.0 Å². The van der Waals surface area contributed by atoms with E-state index in [9.17, 15) is 4.79 Å². The summed E-state index contributed by atoms with van der Waals surface area (Å²) in [7, 11) is 3.26. The van der Waals surface area contributed by atoms with Crippen LogP contribution in [-0.4, -0.2) is 46.9 Å². The Morgan fingerprint density at radius 1 is 1.13 bits per heavy atom. The Morgan fingerprint density at radius 3 is 2.53 bits per heavy atom. The molecule has 1 aliphatic rings. The first kappa shape index (κ1) is 20.8. The van der Waals surface area contributed by atoms with Crippen molar-refractivity contribution in [1.82, 2.24) is 14.5 Å². The Hall–Kier alpha value is -2.45. The molecule has 0 aliphatic carbocycles. The summed E-state index contributed by atoms with van der Waals surface area (Å²) in [6.07, 6.45) is 4.47. The molecule has 0 saturated carbocycles. The van der Waals surface area contributed by atoms with E-state index in [1.165, 1.54) is 17.3 Å². The van der Waals surface area contributed by atoms with Gasteiger partial charge in [-0.1, -0.05) is 27.7 Å². The zero-order chi connectivity index (χ0) is 21.1. The van der Waals surface area contributed by atoms with Gasteiger partial charge in [0.1, 0.15) is 0 Å². The Bertz CT molecular complexity index is 1050. The van der Waals surface area contributed by atoms with Crippen LogP contribution in [-0.2, 0) is 17.8 Å². The SMILES string of the molecule is COc1cc2c(cc1OC)CN(C(=O)CSc1nccn1-c1ccc(Br)cc1)CC2. The second-order valence-corrected chi connectivity index (χ2v) is 8.74. The van der Waals surface area contributed by atoms with Crippen molar-refractivity contribution in [3.63, 3.8) is 0 Å². The molecule has 1 aliphatic heterocycles. The monoisotopic (exact) mass is 487 g/mol. The van der Waals surface area contributed by atoms with Crippen LogP contribution in [0.3, 0.4) is 0 Å². The number of nitrogens with zero attached hydrogens (tertiary/aromatic N) is 3. The van der Waals surface area contributed by atoms with Crippen molar-refractivity contribution in [1.29, 1.82) is 0 Å². The topological polar surface area (TPSA) is 56.6 Å². The molecule has 1 amide bonds. The predicted molar refractivity (Wildman–Crippen MR) is 121 cm³/mol. The van der Waals surface area contributed by atoms with Crippen LogP contribution in [0.25, 0.3) is 5.69 Å². The summed E-state index contributed by atoms with van der Waals surface area (Å²) in [5, 5.41) is 0.800. The van der Waals surface area contributed by atoms with Gasteiger partial charge < -0.3 is 14.4 Å². The number of methoxy groups -OCH3 is 2. The van der Waals surface area contributed by atoms with Gasteiger partial charge in [0.15, 0.2) is 16.7 Å². The van der Waals surface area contributed by atoms with Gasteiger partial charge in [-0.15, -0.1) is 0 Å². The van der Waals surface area contributed by atoms with E-state index in [1.54, 1.807) is 20.4 Å². The number of amides is 1. The Balaban J connectivity index is 1.43. The summed E-state index contributed by atoms with van der Waals surface area (Å²) >= 11 is 4.91. The number of aromatic nitrogens is 2. The maximum Gasteiger partial charge on any atom is 0.233 e. The number of rotatable bonds is 6. The standard InChI is InChI=1S/C22H22BrN3O3S/c1-28-19-11-15-7-9-25(13-16(15)12-20(19)29-2)21(27)14-30-22-24-8-10-26(22)18-5-3-17(23)4-6-18/h3-6,8,10-12H,7,9,13-14H2,1-2H3. The van der Waals surface area contributed by atoms with E-state index in [-0.39, 0.29) is 5.91 Å². The fraction of sp³-hybridized carbons (Fsp3) is 0.273. The highest BCUT2D eigenvalue weighted by atomic mass is 79.9. The fourth-order valence-electron chi connectivity index (χ4n) is 3.51. The molecule has 0 bridgehead atoms. The van der Waals surface area contributed by atoms with Gasteiger partial charge in [-0.05, 0) is 53.9 Å². The number of hydrogen-bond acceptors (Lipinski definition) is 5. The zero-order valence-electron chi connectivity index (χ0n) is 16.8. The highest BCUT2D eigenvalue weighted by Gasteiger charge is 2.23. The Morgan fingerprint density at radius 2 is 1.83 bits per heavy atom. The number of imidazole rings is 1. The number of hydrogen-bond donors (Lipinski definition) is 0. The predicted octanol–water partition coefficient (Wildman–Crippen LogP) is 4.33. The molecule has 1 aromatic heterocycles. The number of carbonyl (C=O) groups is 1. The summed E-state index contributed by atoms with van der Waals surface area (Å²) in [6.45, 7) is 1.28. The summed E-state index contributed by atoms with van der Waals surface area (Å²) in [4.78, 5) is 19.2. The van der Waals surface area contributed by atoms with Gasteiger partial charge in [-0.25, -0.2) is 4.98 Å². The molecule has 0 saturated heterocycles. The maximum atomic E-state index is 12.9. The van der Waals surface area contributed by atoms with Crippen molar-refractivity contribution in [2.75, 3.05) is 26.5 Å². The number of benzene rings is 2. The molecule has 3 aromatic rings. The van der Waals surface area contributed by atoms with E-state index >= 15 is 0 Å². The van der Waals surface area contributed by atoms with Crippen LogP contribution in [0.2, 0.25) is 0 Å². The third-order valence-corrected chi connectivity index (χ3v) is 6.59. The number of ether oxygens (including phenoxy) is 2. The lowest BCUT2D eigenvalue weighted by molar-refractivity contribution is -0.129. The van der Waals surface area contributed by atoms with Crippen molar-refractivity contribution in [3.8, 4) is 17.2 Å². The largest absolute Gasteiger partial charge is 0.493 e. The van der Waals surface area contributed by atoms with Gasteiger partial charge in [-0.2, -0.15) is 0 Å². The second kappa shape index (κ2) is 9.14. The molecule has 6 nitrogen and oxygen atoms in total. The van der Waals surface area contributed by atoms with E-state index in [1.807, 2.05) is 52.1 Å². The molecule has 8 heteroatoms. The molecule has 0 radical (unpaired) electrons. The molecule has 2 heterocycles. The van der Waals surface area contributed by atoms with Gasteiger partial charge in [0.2, 0.25) is 5.91 Å². The third kappa shape index (κ3) is 4.34. The van der Waals surface area contributed by atoms with Gasteiger partial charge >= 0.3 is 0 Å². The summed E-state index contributed by atoms with van der Waals surface area (Å²) in [5.41, 5.74) is 3.32. The van der Waals surface area contributed by atoms with Crippen LogP contribution in [0, 0.1) is 0 Å². The Kier molecular flexibility index (Phi) is 6.34. The molecule has 0 N–H and O–H groups in total. The minimum absolute atomic E-state index is 0.103. The van der Waals surface area contributed by atoms with Crippen molar-refractivity contribution >= 4 is 33.6 Å². The first-order valence-corrected chi connectivity index (χ1v) is 11.3. The summed E-state index contributed by atoms with van der Waals surface area (Å²) < 4.78 is 13.8. The molecule has 0 unspecified atom stereocenters. The number of thioether (sulfide) groups is 1. The lowest BCUT2D eigenvalue weighted by atomic mass is 9.99. The quantitative estimate of drug-likeness (QED) is 0.484. The average molecular weight is 488 g/mol. The molecule has 2 aromatic carbocycles. The molecule has 0 spiro atoms. The zero-order valence-corrected chi connectivity index (χ0v) is 19.2. The van der Waals surface area contributed by atoms with Crippen molar-refractivity contribution < 1.29 is 14.3 Å². The first-order chi connectivity index (χ1) is 14.6. The van der Waals surface area contributed by atoms with Gasteiger partial charge in [-0.3, -0.25) is 9.36 Å². The lowest BCUT2D eigenvalue weighted by Gasteiger charge is -2.29. The van der Waals surface area contributed by atoms with E-state index < -0.39 is 0 Å². The van der Waals surface area contributed by atoms with Crippen molar-refractivity contribution in [3.05, 3.63) is 64.4 Å². The smallest absolute Gasteiger partial charge is 0.233 e. The fourth-order valence-corrected chi connectivity index (χ4v) is 4.65. The second-order valence-electron chi connectivity index (χ2n) is 6.89. The number of carbonyl (C=O) groups excluding carboxylic acids is 1. The van der Waals surface area contributed by atoms with Crippen LogP contribution in [0.15, 0.2) is 58.4 Å². The van der Waals surface area contributed by atoms with Gasteiger partial charge in [0, 0.05) is 35.6 Å². The third-order valence-electron chi connectivity index (χ3n) is 5.11. The Labute approximate surface area is 188 Å². The average Bonchev–Trinajstić information content (AvgIpc) is 3.25. The van der Waals surface area contributed by atoms with E-state index in [0.29, 0.717) is 24.6 Å². The first-order valence-electron chi connectivity index (χ1n) is 9.52. The molecule has 156 valence electrons. The normalized spacial score (nSPS) is 13.1. The van der Waals surface area contributed by atoms with E-state index in [2.05, 4.69) is 20.9 Å². The summed E-state index contributed by atoms with van der Waals surface area (Å²) in [6, 6.07) is 12.0. The molecule has 0 fully saturated rings. The number of fused-ring (bicyclic) bond motifs is 1. The van der Waals surface area contributed by atoms with Crippen LogP contribution in [0.4, 0.5) is 0 Å². The highest BCUT2D eigenvalue weighted by molar-refractivity contribution is 9.10. The van der Waals surface area contributed by atoms with Crippen LogP contribution < -0.4 is 9.47 Å². The minimum atomic E-state index is 0.103. The molecule has 4 rings (SSSR count). The number of halogens is 1. The van der Waals surface area contributed by atoms with Crippen LogP contribution >= 0.6 is 27.7 Å². The molecule has 0 atom stereocenters. The van der Waals surface area contributed by atoms with Crippen molar-refractivity contribution in [2.45, 2.75) is 18.1 Å². The van der Waals surface area contributed by atoms with Crippen LogP contribution in [0.5, 0.6) is 11.5 Å². The summed E-state index contributed by atoms with van der Waals surface area (Å²) in [5.74, 6) is 1.87. The van der Waals surface area contributed by atoms with E-state index in [0.717, 1.165) is 33.1 Å². The molecule has 30 heavy (non-hydrogen) atoms. The minimum Gasteiger partial charge on any atom is -0.493 e. The van der Waals surface area contributed by atoms with E-state index in [4.69, 9.17) is 9.47 Å². The van der Waals surface area contributed by atoms with Gasteiger partial charge in [0.25, 0.3) is 0 Å². The lowest BCUT2D eigenvalue weighted by Crippen LogP contribution is -2.37. The molecular weight excluding hydrogens is 466 g/mol.